The molecule has 0 saturated heterocycles. The fourth-order valence-electron chi connectivity index (χ4n) is 3.28. The van der Waals surface area contributed by atoms with E-state index in [1.54, 1.807) is 15.9 Å². The van der Waals surface area contributed by atoms with Gasteiger partial charge in [-0.1, -0.05) is 0 Å². The van der Waals surface area contributed by atoms with Gasteiger partial charge in [-0.2, -0.15) is 10.1 Å². The molecule has 4 aromatic rings. The largest absolute Gasteiger partial charge is 0.302 e. The van der Waals surface area contributed by atoms with E-state index in [1.165, 1.54) is 27.4 Å². The summed E-state index contributed by atoms with van der Waals surface area (Å²) in [5.74, 6) is 0.522. The number of rotatable bonds is 5. The molecule has 9 heteroatoms. The zero-order valence-electron chi connectivity index (χ0n) is 16.1. The van der Waals surface area contributed by atoms with Gasteiger partial charge in [0.15, 0.2) is 5.13 Å². The number of nitrogens with one attached hydrogen (secondary N) is 1. The summed E-state index contributed by atoms with van der Waals surface area (Å²) in [6, 6.07) is 2.14. The minimum Gasteiger partial charge on any atom is -0.302 e. The Labute approximate surface area is 170 Å². The summed E-state index contributed by atoms with van der Waals surface area (Å²) in [5, 5.41) is 9.72. The Morgan fingerprint density at radius 1 is 1.21 bits per heavy atom. The van der Waals surface area contributed by atoms with E-state index < -0.39 is 0 Å². The molecule has 1 amide bonds. The van der Waals surface area contributed by atoms with Gasteiger partial charge in [0.25, 0.3) is 5.78 Å². The molecule has 4 aromatic heterocycles. The van der Waals surface area contributed by atoms with E-state index >= 15 is 0 Å². The van der Waals surface area contributed by atoms with Crippen LogP contribution in [0.4, 0.5) is 5.13 Å². The molecular weight excluding hydrogens is 392 g/mol. The Morgan fingerprint density at radius 3 is 2.79 bits per heavy atom. The van der Waals surface area contributed by atoms with E-state index in [4.69, 9.17) is 0 Å². The number of aromatic nitrogens is 5. The van der Waals surface area contributed by atoms with E-state index in [0.717, 1.165) is 28.2 Å². The highest BCUT2D eigenvalue weighted by Gasteiger charge is 2.14. The summed E-state index contributed by atoms with van der Waals surface area (Å²) in [5.41, 5.74) is 4.92. The number of carbonyl (C=O) groups excluding carboxylic acids is 1. The predicted octanol–water partition coefficient (Wildman–Crippen LogP) is 4.11. The number of aryl methyl sites for hydroxylation is 4. The summed E-state index contributed by atoms with van der Waals surface area (Å²) < 4.78 is 1.71. The molecule has 0 atom stereocenters. The summed E-state index contributed by atoms with van der Waals surface area (Å²) in [6.45, 7) is 8.09. The van der Waals surface area contributed by atoms with Crippen molar-refractivity contribution < 1.29 is 4.79 Å². The highest BCUT2D eigenvalue weighted by atomic mass is 32.1. The second-order valence-electron chi connectivity index (χ2n) is 6.65. The molecule has 0 radical (unpaired) electrons. The van der Waals surface area contributed by atoms with Crippen molar-refractivity contribution in [2.24, 2.45) is 0 Å². The Balaban J connectivity index is 1.44. The van der Waals surface area contributed by atoms with Crippen molar-refractivity contribution in [1.82, 2.24) is 24.6 Å². The van der Waals surface area contributed by atoms with E-state index in [2.05, 4.69) is 45.3 Å². The molecule has 0 aromatic carbocycles. The zero-order chi connectivity index (χ0) is 19.8. The SMILES string of the molecule is Cc1cc(-c2csc(NC(=O)CCc3c(C)nc4ncnn4c3C)n2)c(C)s1. The number of thiophene rings is 1. The summed E-state index contributed by atoms with van der Waals surface area (Å²) in [4.78, 5) is 28.1. The van der Waals surface area contributed by atoms with Crippen molar-refractivity contribution in [2.45, 2.75) is 40.5 Å². The van der Waals surface area contributed by atoms with Crippen molar-refractivity contribution in [2.75, 3.05) is 5.32 Å². The second kappa shape index (κ2) is 7.40. The van der Waals surface area contributed by atoms with Gasteiger partial charge in [-0.3, -0.25) is 4.79 Å². The van der Waals surface area contributed by atoms with Gasteiger partial charge in [-0.25, -0.2) is 14.5 Å². The first-order valence-electron chi connectivity index (χ1n) is 8.91. The first kappa shape index (κ1) is 18.7. The van der Waals surface area contributed by atoms with Crippen LogP contribution in [0.25, 0.3) is 17.0 Å². The number of amides is 1. The highest BCUT2D eigenvalue weighted by Crippen LogP contribution is 2.32. The number of nitrogens with zero attached hydrogens (tertiary/aromatic N) is 5. The normalized spacial score (nSPS) is 11.3. The Hall–Kier alpha value is -2.65. The van der Waals surface area contributed by atoms with Crippen molar-refractivity contribution in [3.05, 3.63) is 44.5 Å². The molecular formula is C19H20N6OS2. The van der Waals surface area contributed by atoms with Crippen molar-refractivity contribution in [3.63, 3.8) is 0 Å². The Bertz CT molecular complexity index is 1170. The van der Waals surface area contributed by atoms with E-state index in [-0.39, 0.29) is 5.91 Å². The third-order valence-corrected chi connectivity index (χ3v) is 6.38. The van der Waals surface area contributed by atoms with Crippen LogP contribution in [-0.2, 0) is 11.2 Å². The number of hydrogen-bond acceptors (Lipinski definition) is 7. The van der Waals surface area contributed by atoms with Gasteiger partial charge in [-0.15, -0.1) is 22.7 Å². The fourth-order valence-corrected chi connectivity index (χ4v) is 4.94. The third kappa shape index (κ3) is 3.55. The lowest BCUT2D eigenvalue weighted by Crippen LogP contribution is -2.14. The minimum atomic E-state index is -0.0587. The van der Waals surface area contributed by atoms with Crippen LogP contribution in [0.1, 0.15) is 33.1 Å². The summed E-state index contributed by atoms with van der Waals surface area (Å²) in [6.07, 6.45) is 2.43. The Morgan fingerprint density at radius 2 is 2.04 bits per heavy atom. The first-order chi connectivity index (χ1) is 13.4. The van der Waals surface area contributed by atoms with Crippen molar-refractivity contribution >= 4 is 39.5 Å². The quantitative estimate of drug-likeness (QED) is 0.533. The van der Waals surface area contributed by atoms with Crippen LogP contribution < -0.4 is 5.32 Å². The fraction of sp³-hybridized carbons (Fsp3) is 0.316. The van der Waals surface area contributed by atoms with Crippen molar-refractivity contribution in [3.8, 4) is 11.3 Å². The molecule has 28 heavy (non-hydrogen) atoms. The van der Waals surface area contributed by atoms with Crippen LogP contribution in [0.15, 0.2) is 17.8 Å². The van der Waals surface area contributed by atoms with Gasteiger partial charge in [-0.05, 0) is 45.7 Å². The molecule has 1 N–H and O–H groups in total. The van der Waals surface area contributed by atoms with Crippen molar-refractivity contribution in [1.29, 1.82) is 0 Å². The lowest BCUT2D eigenvalue weighted by molar-refractivity contribution is -0.116. The lowest BCUT2D eigenvalue weighted by atomic mass is 10.1. The van der Waals surface area contributed by atoms with Gasteiger partial charge >= 0.3 is 0 Å². The van der Waals surface area contributed by atoms with Crippen LogP contribution in [0.2, 0.25) is 0 Å². The number of anilines is 1. The molecule has 4 heterocycles. The monoisotopic (exact) mass is 412 g/mol. The first-order valence-corrected chi connectivity index (χ1v) is 10.6. The molecule has 4 rings (SSSR count). The van der Waals surface area contributed by atoms with E-state index in [9.17, 15) is 4.79 Å². The standard InChI is InChI=1S/C19H20N6OS2/c1-10-7-15(13(4)28-10)16-8-27-19(23-16)24-17(26)6-5-14-11(2)22-18-20-9-21-25(18)12(14)3/h7-9H,5-6H2,1-4H3,(H,23,24,26). The maximum Gasteiger partial charge on any atom is 0.252 e. The molecule has 0 aliphatic carbocycles. The molecule has 0 spiro atoms. The number of hydrogen-bond donors (Lipinski definition) is 1. The number of carbonyl (C=O) groups is 1. The van der Waals surface area contributed by atoms with Crippen LogP contribution in [0, 0.1) is 27.7 Å². The van der Waals surface area contributed by atoms with Crippen LogP contribution in [0.5, 0.6) is 0 Å². The van der Waals surface area contributed by atoms with Gasteiger partial charge in [0.05, 0.1) is 5.69 Å². The van der Waals surface area contributed by atoms with Crippen LogP contribution in [0.3, 0.4) is 0 Å². The highest BCUT2D eigenvalue weighted by molar-refractivity contribution is 7.14. The van der Waals surface area contributed by atoms with Gasteiger partial charge in [0.1, 0.15) is 6.33 Å². The molecule has 0 bridgehead atoms. The maximum atomic E-state index is 12.4. The average Bonchev–Trinajstić information content (AvgIpc) is 3.35. The summed E-state index contributed by atoms with van der Waals surface area (Å²) >= 11 is 3.21. The lowest BCUT2D eigenvalue weighted by Gasteiger charge is -2.10. The third-order valence-electron chi connectivity index (χ3n) is 4.66. The Kier molecular flexibility index (Phi) is 4.94. The molecule has 0 aliphatic rings. The van der Waals surface area contributed by atoms with Crippen LogP contribution in [-0.4, -0.2) is 30.5 Å². The average molecular weight is 413 g/mol. The van der Waals surface area contributed by atoms with Crippen LogP contribution >= 0.6 is 22.7 Å². The summed E-state index contributed by atoms with van der Waals surface area (Å²) in [7, 11) is 0. The second-order valence-corrected chi connectivity index (χ2v) is 8.96. The van der Waals surface area contributed by atoms with E-state index in [0.29, 0.717) is 23.8 Å². The van der Waals surface area contributed by atoms with Gasteiger partial charge in [0, 0.05) is 38.5 Å². The number of fused-ring (bicyclic) bond motifs is 1. The molecule has 0 aliphatic heterocycles. The molecule has 0 saturated carbocycles. The molecule has 7 nitrogen and oxygen atoms in total. The van der Waals surface area contributed by atoms with E-state index in [1.807, 2.05) is 19.2 Å². The van der Waals surface area contributed by atoms with Gasteiger partial charge < -0.3 is 5.32 Å². The predicted molar refractivity (Wildman–Crippen MR) is 112 cm³/mol. The molecule has 144 valence electrons. The topological polar surface area (TPSA) is 85.1 Å². The zero-order valence-corrected chi connectivity index (χ0v) is 17.7. The maximum absolute atomic E-state index is 12.4. The smallest absolute Gasteiger partial charge is 0.252 e. The number of thiazole rings is 1. The molecule has 0 unspecified atom stereocenters. The van der Waals surface area contributed by atoms with Gasteiger partial charge in [0.2, 0.25) is 5.91 Å². The minimum absolute atomic E-state index is 0.0587. The molecule has 0 fully saturated rings.